The van der Waals surface area contributed by atoms with Crippen LogP contribution in [-0.4, -0.2) is 82.6 Å². The van der Waals surface area contributed by atoms with Crippen molar-refractivity contribution in [1.29, 1.82) is 0 Å². The Kier molecular flexibility index (Phi) is 9.89. The zero-order chi connectivity index (χ0) is 29.8. The number of nitrogens with two attached hydrogens (primary N) is 1. The molecule has 0 aromatic heterocycles. The molecular formula is C27H40N5O8P. The molecule has 0 spiro atoms. The Labute approximate surface area is 240 Å². The van der Waals surface area contributed by atoms with Crippen molar-refractivity contribution >= 4 is 25.9 Å². The van der Waals surface area contributed by atoms with E-state index in [0.29, 0.717) is 18.0 Å². The van der Waals surface area contributed by atoms with Crippen LogP contribution in [0, 0.1) is 5.92 Å². The highest BCUT2D eigenvalue weighted by Crippen LogP contribution is 2.47. The summed E-state index contributed by atoms with van der Waals surface area (Å²) in [5.74, 6) is 0.147. The minimum Gasteiger partial charge on any atom is -0.464 e. The van der Waals surface area contributed by atoms with Crippen molar-refractivity contribution in [2.24, 2.45) is 21.7 Å². The first-order valence-electron chi connectivity index (χ1n) is 13.8. The molecule has 1 aromatic carbocycles. The van der Waals surface area contributed by atoms with Gasteiger partial charge in [0, 0.05) is 0 Å². The maximum absolute atomic E-state index is 14.0. The molecule has 0 radical (unpaired) electrons. The Balaban J connectivity index is 1.46. The number of carbonyl (C=O) groups excluding carboxylic acids is 1. The number of hydrogen-bond acceptors (Lipinski definition) is 12. The Hall–Kier alpha value is -2.80. The van der Waals surface area contributed by atoms with Gasteiger partial charge in [0.2, 0.25) is 0 Å². The first-order chi connectivity index (χ1) is 19.5. The summed E-state index contributed by atoms with van der Waals surface area (Å²) < 4.78 is 37.1. The standard InChI is InChI=1S/C27H40N5O8P/c1-5-18(6-2)14-37-26(35)17(3)31-41(36,40-19-10-8-7-9-11-19)38-15-27(4)24(34)22(33)23(39-27)20-12-13-21-25(28)29-16-30-32(20)21/h7-11,13,16-18,20,22-24,33-34H,5-6,12,14-15H2,1-4H3,(H,31,36)(H2,28,29,30)/t17-,20?,22-,23-,24-,27+,41-/m0/s1. The number of amidine groups is 1. The van der Waals surface area contributed by atoms with Crippen LogP contribution in [0.1, 0.15) is 47.0 Å². The summed E-state index contributed by atoms with van der Waals surface area (Å²) in [4.78, 5) is 16.7. The van der Waals surface area contributed by atoms with Gasteiger partial charge in [-0.25, -0.2) is 9.56 Å². The van der Waals surface area contributed by atoms with E-state index in [0.717, 1.165) is 12.8 Å². The van der Waals surface area contributed by atoms with E-state index in [9.17, 15) is 19.6 Å². The second-order valence-corrected chi connectivity index (χ2v) is 12.3. The number of para-hydroxylation sites is 1. The van der Waals surface area contributed by atoms with E-state index in [1.54, 1.807) is 42.3 Å². The maximum Gasteiger partial charge on any atom is 0.459 e. The fourth-order valence-electron chi connectivity index (χ4n) is 4.94. The number of benzene rings is 1. The lowest BCUT2D eigenvalue weighted by molar-refractivity contribution is -0.146. The zero-order valence-electron chi connectivity index (χ0n) is 23.8. The molecule has 0 saturated carbocycles. The molecule has 3 heterocycles. The number of aliphatic hydroxyl groups excluding tert-OH is 2. The van der Waals surface area contributed by atoms with Crippen LogP contribution in [0.4, 0.5) is 0 Å². The normalized spacial score (nSPS) is 29.5. The van der Waals surface area contributed by atoms with Gasteiger partial charge in [0.1, 0.15) is 42.0 Å². The van der Waals surface area contributed by atoms with Gasteiger partial charge in [0.15, 0.2) is 5.84 Å². The van der Waals surface area contributed by atoms with Gasteiger partial charge in [-0.1, -0.05) is 51.0 Å². The van der Waals surface area contributed by atoms with E-state index in [1.807, 2.05) is 19.9 Å². The molecule has 3 aliphatic rings. The molecule has 1 aromatic rings. The van der Waals surface area contributed by atoms with Crippen molar-refractivity contribution in [2.75, 3.05) is 13.2 Å². The van der Waals surface area contributed by atoms with Crippen LogP contribution in [0.25, 0.3) is 0 Å². The van der Waals surface area contributed by atoms with Crippen LogP contribution >= 0.6 is 7.75 Å². The molecule has 5 N–H and O–H groups in total. The van der Waals surface area contributed by atoms with E-state index in [-0.39, 0.29) is 18.3 Å². The van der Waals surface area contributed by atoms with Crippen molar-refractivity contribution < 1.29 is 38.1 Å². The Morgan fingerprint density at radius 1 is 1.29 bits per heavy atom. The smallest absolute Gasteiger partial charge is 0.459 e. The van der Waals surface area contributed by atoms with Crippen LogP contribution in [0.2, 0.25) is 0 Å². The molecule has 13 nitrogen and oxygen atoms in total. The second-order valence-electron chi connectivity index (χ2n) is 10.7. The number of rotatable bonds is 13. The van der Waals surface area contributed by atoms with Crippen LogP contribution in [0.3, 0.4) is 0 Å². The van der Waals surface area contributed by atoms with Crippen LogP contribution in [0.5, 0.6) is 5.75 Å². The average molecular weight is 594 g/mol. The van der Waals surface area contributed by atoms with Crippen LogP contribution in [0.15, 0.2) is 52.2 Å². The first-order valence-corrected chi connectivity index (χ1v) is 15.4. The summed E-state index contributed by atoms with van der Waals surface area (Å²) in [6, 6.07) is 6.85. The fraction of sp³-hybridized carbons (Fsp3) is 0.593. The van der Waals surface area contributed by atoms with Gasteiger partial charge in [-0.15, -0.1) is 0 Å². The number of nitrogens with zero attached hydrogens (tertiary/aromatic N) is 3. The maximum atomic E-state index is 14.0. The number of hydrogen-bond donors (Lipinski definition) is 4. The monoisotopic (exact) mass is 593 g/mol. The number of fused-ring (bicyclic) bond motifs is 1. The number of ether oxygens (including phenoxy) is 2. The highest BCUT2D eigenvalue weighted by atomic mass is 31.2. The lowest BCUT2D eigenvalue weighted by atomic mass is 9.95. The van der Waals surface area contributed by atoms with E-state index in [4.69, 9.17) is 24.3 Å². The topological polar surface area (TPSA) is 178 Å². The summed E-state index contributed by atoms with van der Waals surface area (Å²) >= 11 is 0. The molecule has 1 saturated heterocycles. The minimum atomic E-state index is -4.23. The summed E-state index contributed by atoms with van der Waals surface area (Å²) in [5, 5.41) is 30.5. The Morgan fingerprint density at radius 3 is 2.68 bits per heavy atom. The summed E-state index contributed by atoms with van der Waals surface area (Å²) in [6.45, 7) is 6.89. The summed E-state index contributed by atoms with van der Waals surface area (Å²) in [5.41, 5.74) is 5.07. The van der Waals surface area contributed by atoms with E-state index in [1.165, 1.54) is 13.3 Å². The Bertz CT molecular complexity index is 1210. The van der Waals surface area contributed by atoms with Gasteiger partial charge in [0.25, 0.3) is 0 Å². The number of aliphatic hydroxyl groups is 2. The van der Waals surface area contributed by atoms with Crippen molar-refractivity contribution in [3.63, 3.8) is 0 Å². The van der Waals surface area contributed by atoms with E-state index in [2.05, 4.69) is 15.2 Å². The van der Waals surface area contributed by atoms with Crippen molar-refractivity contribution in [1.82, 2.24) is 10.1 Å². The molecule has 1 unspecified atom stereocenters. The number of nitrogens with one attached hydrogen (secondary N) is 1. The third-order valence-electron chi connectivity index (χ3n) is 7.63. The Morgan fingerprint density at radius 2 is 2.00 bits per heavy atom. The molecule has 1 fully saturated rings. The number of aliphatic imine (C=N–C) groups is 1. The van der Waals surface area contributed by atoms with Gasteiger partial charge in [0.05, 0.1) is 25.0 Å². The lowest BCUT2D eigenvalue weighted by Crippen LogP contribution is -2.46. The predicted octanol–water partition coefficient (Wildman–Crippen LogP) is 2.30. The van der Waals surface area contributed by atoms with Gasteiger partial charge in [-0.3, -0.25) is 14.3 Å². The highest BCUT2D eigenvalue weighted by molar-refractivity contribution is 7.52. The molecule has 41 heavy (non-hydrogen) atoms. The quantitative estimate of drug-likeness (QED) is 0.195. The molecule has 0 bridgehead atoms. The molecule has 226 valence electrons. The zero-order valence-corrected chi connectivity index (χ0v) is 24.6. The lowest BCUT2D eigenvalue weighted by Gasteiger charge is -2.32. The van der Waals surface area contributed by atoms with Crippen molar-refractivity contribution in [3.05, 3.63) is 42.1 Å². The van der Waals surface area contributed by atoms with Gasteiger partial charge >= 0.3 is 13.7 Å². The number of hydrazone groups is 1. The molecular weight excluding hydrogens is 553 g/mol. The predicted molar refractivity (Wildman–Crippen MR) is 152 cm³/mol. The van der Waals surface area contributed by atoms with E-state index < -0.39 is 56.3 Å². The summed E-state index contributed by atoms with van der Waals surface area (Å²) in [6.07, 6.45) is 1.73. The second kappa shape index (κ2) is 13.0. The average Bonchev–Trinajstić information content (AvgIpc) is 3.49. The SMILES string of the molecule is CCC(CC)COC(=O)[C@H](C)N[P@](=O)(OC[C@@]1(C)O[C@@H](C2CC=C3C(N)=NC=NN32)[C@H](O)[C@@H]1O)Oc1ccccc1. The van der Waals surface area contributed by atoms with Crippen LogP contribution in [-0.2, 0) is 23.4 Å². The van der Waals surface area contributed by atoms with Crippen LogP contribution < -0.4 is 15.3 Å². The van der Waals surface area contributed by atoms with Gasteiger partial charge in [-0.2, -0.15) is 10.2 Å². The molecule has 0 aliphatic carbocycles. The third-order valence-corrected chi connectivity index (χ3v) is 9.25. The largest absolute Gasteiger partial charge is 0.464 e. The highest BCUT2D eigenvalue weighted by Gasteiger charge is 2.56. The molecule has 3 aliphatic heterocycles. The van der Waals surface area contributed by atoms with E-state index >= 15 is 0 Å². The number of carbonyl (C=O) groups is 1. The third kappa shape index (κ3) is 6.99. The van der Waals surface area contributed by atoms with Gasteiger partial charge < -0.3 is 29.9 Å². The van der Waals surface area contributed by atoms with Crippen molar-refractivity contribution in [3.8, 4) is 5.75 Å². The molecule has 0 amide bonds. The summed E-state index contributed by atoms with van der Waals surface area (Å²) in [7, 11) is -4.23. The fourth-order valence-corrected chi connectivity index (χ4v) is 6.52. The molecule has 14 heteroatoms. The number of esters is 1. The van der Waals surface area contributed by atoms with Crippen molar-refractivity contribution in [2.45, 2.75) is 83.0 Å². The van der Waals surface area contributed by atoms with Gasteiger partial charge in [-0.05, 0) is 38.3 Å². The molecule has 4 rings (SSSR count). The molecule has 7 atom stereocenters. The first kappa shape index (κ1) is 31.1. The minimum absolute atomic E-state index is 0.223.